The summed E-state index contributed by atoms with van der Waals surface area (Å²) in [4.78, 5) is 11.2. The van der Waals surface area contributed by atoms with Gasteiger partial charge in [-0.15, -0.1) is 0 Å². The minimum Gasteiger partial charge on any atom is -0.478 e. The van der Waals surface area contributed by atoms with Crippen molar-refractivity contribution in [2.75, 3.05) is 5.32 Å². The van der Waals surface area contributed by atoms with Gasteiger partial charge in [0.25, 0.3) is 0 Å². The maximum atomic E-state index is 11.2. The van der Waals surface area contributed by atoms with Crippen LogP contribution in [0, 0.1) is 0 Å². The fourth-order valence-electron chi connectivity index (χ4n) is 2.47. The molecule has 0 spiro atoms. The number of anilines is 1. The molecule has 1 saturated carbocycles. The molecule has 2 rings (SSSR count). The SMILES string of the molecule is O=C(O)c1ccc(Cl)cc1NC1CCCCCC1. The Morgan fingerprint density at radius 1 is 1.22 bits per heavy atom. The molecule has 4 heteroatoms. The van der Waals surface area contributed by atoms with Gasteiger partial charge in [-0.3, -0.25) is 0 Å². The van der Waals surface area contributed by atoms with Gasteiger partial charge in [-0.25, -0.2) is 4.79 Å². The van der Waals surface area contributed by atoms with Crippen molar-refractivity contribution in [3.63, 3.8) is 0 Å². The summed E-state index contributed by atoms with van der Waals surface area (Å²) in [7, 11) is 0. The molecule has 0 heterocycles. The molecule has 1 aromatic rings. The third-order valence-corrected chi connectivity index (χ3v) is 3.66. The van der Waals surface area contributed by atoms with Crippen molar-refractivity contribution in [1.82, 2.24) is 0 Å². The zero-order valence-corrected chi connectivity index (χ0v) is 11.0. The Kier molecular flexibility index (Phi) is 4.48. The molecule has 1 aliphatic rings. The molecule has 0 aliphatic heterocycles. The van der Waals surface area contributed by atoms with E-state index < -0.39 is 5.97 Å². The fourth-order valence-corrected chi connectivity index (χ4v) is 2.64. The number of rotatable bonds is 3. The van der Waals surface area contributed by atoms with Crippen LogP contribution < -0.4 is 5.32 Å². The second kappa shape index (κ2) is 6.10. The van der Waals surface area contributed by atoms with Crippen molar-refractivity contribution in [3.8, 4) is 0 Å². The first-order chi connectivity index (χ1) is 8.66. The highest BCUT2D eigenvalue weighted by Crippen LogP contribution is 2.25. The summed E-state index contributed by atoms with van der Waals surface area (Å²) >= 11 is 5.94. The predicted octanol–water partition coefficient (Wildman–Crippen LogP) is 4.17. The van der Waals surface area contributed by atoms with Gasteiger partial charge in [0.2, 0.25) is 0 Å². The van der Waals surface area contributed by atoms with E-state index in [1.54, 1.807) is 18.2 Å². The van der Waals surface area contributed by atoms with E-state index in [0.29, 0.717) is 22.3 Å². The van der Waals surface area contributed by atoms with Crippen LogP contribution in [0.15, 0.2) is 18.2 Å². The topological polar surface area (TPSA) is 49.3 Å². The number of hydrogen-bond donors (Lipinski definition) is 2. The Hall–Kier alpha value is -1.22. The third kappa shape index (κ3) is 3.39. The molecule has 1 aliphatic carbocycles. The van der Waals surface area contributed by atoms with Crippen LogP contribution in [0.25, 0.3) is 0 Å². The summed E-state index contributed by atoms with van der Waals surface area (Å²) in [6.45, 7) is 0. The van der Waals surface area contributed by atoms with E-state index in [2.05, 4.69) is 5.32 Å². The normalized spacial score (nSPS) is 17.2. The van der Waals surface area contributed by atoms with Crippen LogP contribution in [0.2, 0.25) is 5.02 Å². The van der Waals surface area contributed by atoms with Gasteiger partial charge in [0.15, 0.2) is 0 Å². The highest BCUT2D eigenvalue weighted by Gasteiger charge is 2.16. The average molecular weight is 268 g/mol. The second-order valence-electron chi connectivity index (χ2n) is 4.83. The van der Waals surface area contributed by atoms with Gasteiger partial charge in [-0.1, -0.05) is 37.3 Å². The molecule has 3 nitrogen and oxygen atoms in total. The molecular formula is C14H18ClNO2. The highest BCUT2D eigenvalue weighted by molar-refractivity contribution is 6.31. The monoisotopic (exact) mass is 267 g/mol. The first-order valence-electron chi connectivity index (χ1n) is 6.46. The minimum atomic E-state index is -0.914. The van der Waals surface area contributed by atoms with E-state index in [1.807, 2.05) is 0 Å². The predicted molar refractivity (Wildman–Crippen MR) is 73.5 cm³/mol. The molecular weight excluding hydrogens is 250 g/mol. The Morgan fingerprint density at radius 2 is 1.89 bits per heavy atom. The fraction of sp³-hybridized carbons (Fsp3) is 0.500. The van der Waals surface area contributed by atoms with Crippen LogP contribution in [0.1, 0.15) is 48.9 Å². The van der Waals surface area contributed by atoms with Gasteiger partial charge < -0.3 is 10.4 Å². The van der Waals surface area contributed by atoms with Crippen molar-refractivity contribution < 1.29 is 9.90 Å². The number of nitrogens with one attached hydrogen (secondary N) is 1. The van der Waals surface area contributed by atoms with E-state index in [1.165, 1.54) is 25.7 Å². The lowest BCUT2D eigenvalue weighted by molar-refractivity contribution is 0.0698. The minimum absolute atomic E-state index is 0.295. The zero-order chi connectivity index (χ0) is 13.0. The van der Waals surface area contributed by atoms with E-state index in [0.717, 1.165) is 12.8 Å². The number of carbonyl (C=O) groups is 1. The molecule has 0 amide bonds. The molecule has 0 bridgehead atoms. The van der Waals surface area contributed by atoms with E-state index >= 15 is 0 Å². The third-order valence-electron chi connectivity index (χ3n) is 3.43. The number of halogens is 1. The van der Waals surface area contributed by atoms with Crippen molar-refractivity contribution >= 4 is 23.3 Å². The maximum Gasteiger partial charge on any atom is 0.337 e. The van der Waals surface area contributed by atoms with Gasteiger partial charge in [-0.2, -0.15) is 0 Å². The smallest absolute Gasteiger partial charge is 0.337 e. The average Bonchev–Trinajstić information content (AvgIpc) is 2.57. The molecule has 0 radical (unpaired) electrons. The Bertz CT molecular complexity index is 426. The van der Waals surface area contributed by atoms with Crippen LogP contribution in [0.3, 0.4) is 0 Å². The van der Waals surface area contributed by atoms with Gasteiger partial charge >= 0.3 is 5.97 Å². The number of aromatic carboxylic acids is 1. The van der Waals surface area contributed by atoms with Crippen LogP contribution in [0.4, 0.5) is 5.69 Å². The largest absolute Gasteiger partial charge is 0.478 e. The van der Waals surface area contributed by atoms with Crippen molar-refractivity contribution in [1.29, 1.82) is 0 Å². The van der Waals surface area contributed by atoms with Gasteiger partial charge in [0.1, 0.15) is 0 Å². The maximum absolute atomic E-state index is 11.2. The van der Waals surface area contributed by atoms with Crippen molar-refractivity contribution in [2.24, 2.45) is 0 Å². The molecule has 18 heavy (non-hydrogen) atoms. The lowest BCUT2D eigenvalue weighted by Crippen LogP contribution is -2.20. The van der Waals surface area contributed by atoms with E-state index in [4.69, 9.17) is 16.7 Å². The van der Waals surface area contributed by atoms with Crippen LogP contribution in [-0.4, -0.2) is 17.1 Å². The zero-order valence-electron chi connectivity index (χ0n) is 10.3. The van der Waals surface area contributed by atoms with Crippen LogP contribution in [-0.2, 0) is 0 Å². The molecule has 2 N–H and O–H groups in total. The standard InChI is InChI=1S/C14H18ClNO2/c15-10-7-8-12(14(17)18)13(9-10)16-11-5-3-1-2-4-6-11/h7-9,11,16H,1-6H2,(H,17,18). The lowest BCUT2D eigenvalue weighted by atomic mass is 10.1. The summed E-state index contributed by atoms with van der Waals surface area (Å²) in [6.07, 6.45) is 7.18. The number of carboxylic acids is 1. The first-order valence-corrected chi connectivity index (χ1v) is 6.84. The van der Waals surface area contributed by atoms with Crippen molar-refractivity contribution in [2.45, 2.75) is 44.6 Å². The molecule has 98 valence electrons. The summed E-state index contributed by atoms with van der Waals surface area (Å²) in [5.74, 6) is -0.914. The first kappa shape index (κ1) is 13.2. The molecule has 1 aromatic carbocycles. The summed E-state index contributed by atoms with van der Waals surface area (Å²) < 4.78 is 0. The number of hydrogen-bond acceptors (Lipinski definition) is 2. The summed E-state index contributed by atoms with van der Waals surface area (Å²) in [5.41, 5.74) is 0.936. The molecule has 0 atom stereocenters. The number of benzene rings is 1. The molecule has 0 unspecified atom stereocenters. The molecule has 1 fully saturated rings. The highest BCUT2D eigenvalue weighted by atomic mass is 35.5. The summed E-state index contributed by atoms with van der Waals surface area (Å²) in [6, 6.07) is 5.24. The molecule has 0 aromatic heterocycles. The van der Waals surface area contributed by atoms with Gasteiger partial charge in [0.05, 0.1) is 11.3 Å². The van der Waals surface area contributed by atoms with E-state index in [9.17, 15) is 4.79 Å². The Morgan fingerprint density at radius 3 is 2.50 bits per heavy atom. The Labute approximate surface area is 112 Å². The second-order valence-corrected chi connectivity index (χ2v) is 5.26. The van der Waals surface area contributed by atoms with E-state index in [-0.39, 0.29) is 0 Å². The quantitative estimate of drug-likeness (QED) is 0.808. The van der Waals surface area contributed by atoms with Crippen molar-refractivity contribution in [3.05, 3.63) is 28.8 Å². The van der Waals surface area contributed by atoms with Crippen LogP contribution in [0.5, 0.6) is 0 Å². The lowest BCUT2D eigenvalue weighted by Gasteiger charge is -2.19. The van der Waals surface area contributed by atoms with Gasteiger partial charge in [-0.05, 0) is 31.0 Å². The summed E-state index contributed by atoms with van der Waals surface area (Å²) in [5, 5.41) is 13.1. The molecule has 0 saturated heterocycles. The van der Waals surface area contributed by atoms with Crippen LogP contribution >= 0.6 is 11.6 Å². The van der Waals surface area contributed by atoms with Gasteiger partial charge in [0, 0.05) is 11.1 Å². The number of carboxylic acid groups (broad SMARTS) is 1. The Balaban J connectivity index is 2.15.